The minimum absolute atomic E-state index is 0.231. The predicted octanol–water partition coefficient (Wildman–Crippen LogP) is 1.14. The van der Waals surface area contributed by atoms with Gasteiger partial charge in [0.05, 0.1) is 0 Å². The summed E-state index contributed by atoms with van der Waals surface area (Å²) in [5.74, 6) is -1.59. The Hall–Kier alpha value is -2.17. The van der Waals surface area contributed by atoms with Gasteiger partial charge in [0.2, 0.25) is 11.8 Å². The molecular weight excluding hydrogens is 198 g/mol. The fraction of sp³-hybridized carbons (Fsp3) is 0.100. The Morgan fingerprint density at radius 3 is 2.00 bits per heavy atom. The van der Waals surface area contributed by atoms with E-state index in [9.17, 15) is 15.0 Å². The highest BCUT2D eigenvalue weighted by molar-refractivity contribution is 5.93. The highest BCUT2D eigenvalue weighted by Gasteiger charge is 2.16. The van der Waals surface area contributed by atoms with Crippen LogP contribution in [0, 0.1) is 0 Å². The number of fused-ring (bicyclic) bond motifs is 1. The van der Waals surface area contributed by atoms with Crippen molar-refractivity contribution in [3.8, 4) is 11.8 Å². The Kier molecular flexibility index (Phi) is 2.00. The molecule has 0 unspecified atom stereocenters. The van der Waals surface area contributed by atoms with Gasteiger partial charge >= 0.3 is 5.97 Å². The van der Waals surface area contributed by atoms with Crippen LogP contribution in [-0.2, 0) is 11.3 Å². The number of aromatic hydroxyl groups is 2. The van der Waals surface area contributed by atoms with Gasteiger partial charge in [-0.3, -0.25) is 9.36 Å². The number of carbonyl (C=O) groups is 1. The molecule has 5 nitrogen and oxygen atoms in total. The van der Waals surface area contributed by atoms with Crippen molar-refractivity contribution in [1.29, 1.82) is 0 Å². The Morgan fingerprint density at radius 2 is 1.60 bits per heavy atom. The zero-order chi connectivity index (χ0) is 11.0. The summed E-state index contributed by atoms with van der Waals surface area (Å²) in [6.07, 6.45) is 0. The van der Waals surface area contributed by atoms with E-state index in [4.69, 9.17) is 5.11 Å². The number of carboxylic acid groups (broad SMARTS) is 1. The van der Waals surface area contributed by atoms with Gasteiger partial charge in [0, 0.05) is 10.8 Å². The van der Waals surface area contributed by atoms with Gasteiger partial charge in [-0.05, 0) is 12.1 Å². The molecule has 3 N–H and O–H groups in total. The van der Waals surface area contributed by atoms with Gasteiger partial charge in [0.1, 0.15) is 6.54 Å². The van der Waals surface area contributed by atoms with E-state index in [-0.39, 0.29) is 11.8 Å². The van der Waals surface area contributed by atoms with E-state index in [2.05, 4.69) is 0 Å². The first-order valence-electron chi connectivity index (χ1n) is 4.32. The van der Waals surface area contributed by atoms with Gasteiger partial charge in [-0.25, -0.2) is 0 Å². The summed E-state index contributed by atoms with van der Waals surface area (Å²) in [5, 5.41) is 28.8. The first-order valence-corrected chi connectivity index (χ1v) is 4.32. The average molecular weight is 207 g/mol. The summed E-state index contributed by atoms with van der Waals surface area (Å²) in [7, 11) is 0. The number of aromatic nitrogens is 1. The fourth-order valence-electron chi connectivity index (χ4n) is 1.55. The van der Waals surface area contributed by atoms with Crippen molar-refractivity contribution in [3.05, 3.63) is 24.3 Å². The standard InChI is InChI=1S/C10H9NO4/c12-8(13)5-11-9(14)6-3-1-2-4-7(6)10(11)15/h1-4,14-15H,5H2,(H,12,13). The summed E-state index contributed by atoms with van der Waals surface area (Å²) in [5.41, 5.74) is 0. The number of nitrogens with zero attached hydrogens (tertiary/aromatic N) is 1. The minimum atomic E-state index is -1.12. The third kappa shape index (κ3) is 1.38. The van der Waals surface area contributed by atoms with Gasteiger partial charge in [-0.2, -0.15) is 0 Å². The molecule has 0 spiro atoms. The molecule has 5 heteroatoms. The summed E-state index contributed by atoms with van der Waals surface area (Å²) >= 11 is 0. The van der Waals surface area contributed by atoms with Gasteiger partial charge in [0.25, 0.3) is 0 Å². The Balaban J connectivity index is 2.69. The van der Waals surface area contributed by atoms with Crippen LogP contribution < -0.4 is 0 Å². The second-order valence-corrected chi connectivity index (χ2v) is 3.17. The lowest BCUT2D eigenvalue weighted by Crippen LogP contribution is -2.07. The van der Waals surface area contributed by atoms with Crippen molar-refractivity contribution >= 4 is 16.7 Å². The highest BCUT2D eigenvalue weighted by Crippen LogP contribution is 2.35. The SMILES string of the molecule is O=C(O)Cn1c(O)c2ccccc2c1O. The molecule has 0 saturated heterocycles. The molecule has 0 saturated carbocycles. The molecule has 1 aromatic carbocycles. The van der Waals surface area contributed by atoms with E-state index in [1.165, 1.54) is 0 Å². The lowest BCUT2D eigenvalue weighted by atomic mass is 10.2. The van der Waals surface area contributed by atoms with Gasteiger partial charge in [-0.1, -0.05) is 12.1 Å². The van der Waals surface area contributed by atoms with Crippen molar-refractivity contribution in [2.24, 2.45) is 0 Å². The molecule has 0 aliphatic heterocycles. The molecule has 2 rings (SSSR count). The van der Waals surface area contributed by atoms with E-state index in [1.54, 1.807) is 24.3 Å². The van der Waals surface area contributed by atoms with E-state index in [1.807, 2.05) is 0 Å². The quantitative estimate of drug-likeness (QED) is 0.689. The smallest absolute Gasteiger partial charge is 0.323 e. The number of aliphatic carboxylic acids is 1. The lowest BCUT2D eigenvalue weighted by Gasteiger charge is -2.01. The van der Waals surface area contributed by atoms with Crippen LogP contribution in [0.2, 0.25) is 0 Å². The van der Waals surface area contributed by atoms with E-state index < -0.39 is 12.5 Å². The van der Waals surface area contributed by atoms with Crippen molar-refractivity contribution in [1.82, 2.24) is 4.57 Å². The van der Waals surface area contributed by atoms with Crippen LogP contribution in [0.25, 0.3) is 10.8 Å². The monoisotopic (exact) mass is 207 g/mol. The third-order valence-electron chi connectivity index (χ3n) is 2.21. The van der Waals surface area contributed by atoms with Crippen molar-refractivity contribution in [2.75, 3.05) is 0 Å². The van der Waals surface area contributed by atoms with Crippen LogP contribution in [0.4, 0.5) is 0 Å². The Bertz CT molecular complexity index is 490. The van der Waals surface area contributed by atoms with E-state index in [0.717, 1.165) is 4.57 Å². The van der Waals surface area contributed by atoms with Crippen LogP contribution in [0.5, 0.6) is 11.8 Å². The van der Waals surface area contributed by atoms with E-state index in [0.29, 0.717) is 10.8 Å². The van der Waals surface area contributed by atoms with Crippen molar-refractivity contribution < 1.29 is 20.1 Å². The molecule has 0 bridgehead atoms. The number of carboxylic acids is 1. The lowest BCUT2D eigenvalue weighted by molar-refractivity contribution is -0.137. The molecule has 2 aromatic rings. The van der Waals surface area contributed by atoms with Gasteiger partial charge < -0.3 is 15.3 Å². The third-order valence-corrected chi connectivity index (χ3v) is 2.21. The number of rotatable bonds is 2. The second-order valence-electron chi connectivity index (χ2n) is 3.17. The predicted molar refractivity (Wildman–Crippen MR) is 52.9 cm³/mol. The number of hydrogen-bond donors (Lipinski definition) is 3. The molecule has 0 atom stereocenters. The summed E-state index contributed by atoms with van der Waals surface area (Å²) < 4.78 is 0.951. The maximum Gasteiger partial charge on any atom is 0.323 e. The van der Waals surface area contributed by atoms with Crippen LogP contribution in [0.1, 0.15) is 0 Å². The first kappa shape index (κ1) is 9.39. The summed E-state index contributed by atoms with van der Waals surface area (Å²) in [6, 6.07) is 6.63. The second kappa shape index (κ2) is 3.20. The topological polar surface area (TPSA) is 82.7 Å². The normalized spacial score (nSPS) is 10.7. The molecule has 0 radical (unpaired) electrons. The molecular formula is C10H9NO4. The zero-order valence-corrected chi connectivity index (χ0v) is 7.71. The number of benzene rings is 1. The Morgan fingerprint density at radius 1 is 1.13 bits per heavy atom. The van der Waals surface area contributed by atoms with Crippen LogP contribution >= 0.6 is 0 Å². The minimum Gasteiger partial charge on any atom is -0.494 e. The van der Waals surface area contributed by atoms with Crippen LogP contribution in [-0.4, -0.2) is 25.9 Å². The largest absolute Gasteiger partial charge is 0.494 e. The molecule has 0 amide bonds. The summed E-state index contributed by atoms with van der Waals surface area (Å²) in [4.78, 5) is 10.5. The summed E-state index contributed by atoms with van der Waals surface area (Å²) in [6.45, 7) is -0.466. The maximum atomic E-state index is 10.5. The molecule has 1 aromatic heterocycles. The zero-order valence-electron chi connectivity index (χ0n) is 7.71. The first-order chi connectivity index (χ1) is 7.11. The molecule has 0 fully saturated rings. The van der Waals surface area contributed by atoms with Crippen molar-refractivity contribution in [2.45, 2.75) is 6.54 Å². The average Bonchev–Trinajstić information content (AvgIpc) is 2.44. The van der Waals surface area contributed by atoms with Gasteiger partial charge in [-0.15, -0.1) is 0 Å². The van der Waals surface area contributed by atoms with E-state index >= 15 is 0 Å². The fourth-order valence-corrected chi connectivity index (χ4v) is 1.55. The number of hydrogen-bond acceptors (Lipinski definition) is 3. The molecule has 0 aliphatic rings. The highest BCUT2D eigenvalue weighted by atomic mass is 16.4. The molecule has 1 heterocycles. The van der Waals surface area contributed by atoms with Crippen LogP contribution in [0.15, 0.2) is 24.3 Å². The Labute approximate surface area is 84.8 Å². The molecule has 78 valence electrons. The van der Waals surface area contributed by atoms with Crippen molar-refractivity contribution in [3.63, 3.8) is 0 Å². The van der Waals surface area contributed by atoms with Crippen LogP contribution in [0.3, 0.4) is 0 Å². The molecule has 0 aliphatic carbocycles. The molecule has 15 heavy (non-hydrogen) atoms. The van der Waals surface area contributed by atoms with Gasteiger partial charge in [0.15, 0.2) is 0 Å². The maximum absolute atomic E-state index is 10.5.